The predicted molar refractivity (Wildman–Crippen MR) is 74.2 cm³/mol. The number of nitrogens with zero attached hydrogens (tertiary/aromatic N) is 1. The molecule has 104 valence electrons. The first-order chi connectivity index (χ1) is 8.91. The maximum Gasteiger partial charge on any atom is 0.255 e. The van der Waals surface area contributed by atoms with Crippen LogP contribution in [-0.2, 0) is 10.0 Å². The summed E-state index contributed by atoms with van der Waals surface area (Å²) in [6, 6.07) is 5.95. The zero-order valence-electron chi connectivity index (χ0n) is 10.9. The van der Waals surface area contributed by atoms with Crippen molar-refractivity contribution in [3.8, 4) is 0 Å². The molecule has 0 heterocycles. The highest BCUT2D eigenvalue weighted by Gasteiger charge is 2.22. The molecule has 1 rings (SSSR count). The Balaban J connectivity index is 3.21. The lowest BCUT2D eigenvalue weighted by molar-refractivity contribution is 0.0770. The van der Waals surface area contributed by atoms with E-state index in [2.05, 4.69) is 6.58 Å². The molecule has 1 aromatic rings. The van der Waals surface area contributed by atoms with Crippen molar-refractivity contribution in [2.75, 3.05) is 13.1 Å². The Morgan fingerprint density at radius 2 is 2.05 bits per heavy atom. The summed E-state index contributed by atoms with van der Waals surface area (Å²) in [5.74, 6) is -0.355. The molecule has 0 atom stereocenters. The number of amides is 1. The van der Waals surface area contributed by atoms with E-state index < -0.39 is 10.0 Å². The topological polar surface area (TPSA) is 80.5 Å². The standard InChI is InChI=1S/C13H18N2O3S/c1-3-9-15(10-4-2)13(16)11-7-5-6-8-12(11)19(14,17)18/h3,5-8H,1,4,9-10H2,2H3,(H2,14,17,18). The second-order valence-electron chi connectivity index (χ2n) is 4.08. The summed E-state index contributed by atoms with van der Waals surface area (Å²) < 4.78 is 23.0. The van der Waals surface area contributed by atoms with Crippen LogP contribution in [0, 0.1) is 0 Å². The van der Waals surface area contributed by atoms with E-state index in [1.807, 2.05) is 6.92 Å². The van der Waals surface area contributed by atoms with E-state index in [9.17, 15) is 13.2 Å². The van der Waals surface area contributed by atoms with Crippen LogP contribution in [0.5, 0.6) is 0 Å². The van der Waals surface area contributed by atoms with Gasteiger partial charge in [-0.1, -0.05) is 25.1 Å². The highest BCUT2D eigenvalue weighted by Crippen LogP contribution is 2.16. The molecular weight excluding hydrogens is 264 g/mol. The molecule has 0 unspecified atom stereocenters. The molecule has 6 heteroatoms. The summed E-state index contributed by atoms with van der Waals surface area (Å²) >= 11 is 0. The Bertz CT molecular complexity index is 567. The highest BCUT2D eigenvalue weighted by molar-refractivity contribution is 7.89. The SMILES string of the molecule is C=CCN(CCC)C(=O)c1ccccc1S(N)(=O)=O. The van der Waals surface area contributed by atoms with Gasteiger partial charge in [0.25, 0.3) is 5.91 Å². The fraction of sp³-hybridized carbons (Fsp3) is 0.308. The van der Waals surface area contributed by atoms with E-state index >= 15 is 0 Å². The van der Waals surface area contributed by atoms with E-state index in [0.29, 0.717) is 13.1 Å². The molecule has 1 amide bonds. The average Bonchev–Trinajstić information content (AvgIpc) is 2.37. The third-order valence-electron chi connectivity index (χ3n) is 2.55. The predicted octanol–water partition coefficient (Wildman–Crippen LogP) is 1.37. The molecule has 0 saturated heterocycles. The maximum absolute atomic E-state index is 12.4. The van der Waals surface area contributed by atoms with Gasteiger partial charge < -0.3 is 4.90 Å². The molecule has 0 bridgehead atoms. The number of hydrogen-bond acceptors (Lipinski definition) is 3. The summed E-state index contributed by atoms with van der Waals surface area (Å²) in [4.78, 5) is 13.7. The van der Waals surface area contributed by atoms with Crippen LogP contribution < -0.4 is 5.14 Å². The van der Waals surface area contributed by atoms with Gasteiger partial charge in [-0.05, 0) is 18.6 Å². The minimum absolute atomic E-state index is 0.0975. The number of carbonyl (C=O) groups is 1. The third kappa shape index (κ3) is 3.90. The van der Waals surface area contributed by atoms with E-state index in [0.717, 1.165) is 6.42 Å². The molecule has 0 radical (unpaired) electrons. The Kier molecular flexibility index (Phi) is 5.26. The van der Waals surface area contributed by atoms with Crippen LogP contribution in [-0.4, -0.2) is 32.3 Å². The Morgan fingerprint density at radius 3 is 2.58 bits per heavy atom. The lowest BCUT2D eigenvalue weighted by Crippen LogP contribution is -2.33. The van der Waals surface area contributed by atoms with Crippen LogP contribution in [0.3, 0.4) is 0 Å². The Hall–Kier alpha value is -1.66. The number of hydrogen-bond donors (Lipinski definition) is 1. The van der Waals surface area contributed by atoms with Gasteiger partial charge in [0.05, 0.1) is 10.5 Å². The molecular formula is C13H18N2O3S. The van der Waals surface area contributed by atoms with Crippen LogP contribution in [0.1, 0.15) is 23.7 Å². The lowest BCUT2D eigenvalue weighted by Gasteiger charge is -2.21. The fourth-order valence-corrected chi connectivity index (χ4v) is 2.49. The first kappa shape index (κ1) is 15.4. The number of sulfonamides is 1. The van der Waals surface area contributed by atoms with Gasteiger partial charge in [0.2, 0.25) is 10.0 Å². The fourth-order valence-electron chi connectivity index (χ4n) is 1.76. The van der Waals surface area contributed by atoms with Gasteiger partial charge in [0.1, 0.15) is 0 Å². The van der Waals surface area contributed by atoms with E-state index in [1.54, 1.807) is 12.1 Å². The minimum Gasteiger partial charge on any atom is -0.335 e. The van der Waals surface area contributed by atoms with Crippen LogP contribution in [0.4, 0.5) is 0 Å². The van der Waals surface area contributed by atoms with Crippen molar-refractivity contribution in [1.29, 1.82) is 0 Å². The van der Waals surface area contributed by atoms with Crippen molar-refractivity contribution >= 4 is 15.9 Å². The smallest absolute Gasteiger partial charge is 0.255 e. The Labute approximate surface area is 113 Å². The van der Waals surface area contributed by atoms with Gasteiger partial charge in [-0.15, -0.1) is 6.58 Å². The van der Waals surface area contributed by atoms with Crippen molar-refractivity contribution in [3.05, 3.63) is 42.5 Å². The van der Waals surface area contributed by atoms with Gasteiger partial charge in [0, 0.05) is 13.1 Å². The summed E-state index contributed by atoms with van der Waals surface area (Å²) in [6.45, 7) is 6.43. The van der Waals surface area contributed by atoms with Gasteiger partial charge in [-0.25, -0.2) is 13.6 Å². The number of primary sulfonamides is 1. The van der Waals surface area contributed by atoms with Crippen LogP contribution >= 0.6 is 0 Å². The number of nitrogens with two attached hydrogens (primary N) is 1. The van der Waals surface area contributed by atoms with Crippen molar-refractivity contribution < 1.29 is 13.2 Å². The second kappa shape index (κ2) is 6.49. The first-order valence-electron chi connectivity index (χ1n) is 5.93. The summed E-state index contributed by atoms with van der Waals surface area (Å²) in [5.41, 5.74) is 0.0975. The molecule has 0 aliphatic rings. The monoisotopic (exact) mass is 282 g/mol. The summed E-state index contributed by atoms with van der Waals surface area (Å²) in [5, 5.41) is 5.12. The molecule has 2 N–H and O–H groups in total. The van der Waals surface area contributed by atoms with E-state index in [4.69, 9.17) is 5.14 Å². The average molecular weight is 282 g/mol. The van der Waals surface area contributed by atoms with Crippen molar-refractivity contribution in [2.24, 2.45) is 5.14 Å². The Morgan fingerprint density at radius 1 is 1.42 bits per heavy atom. The zero-order valence-corrected chi connectivity index (χ0v) is 11.7. The van der Waals surface area contributed by atoms with E-state index in [-0.39, 0.29) is 16.4 Å². The molecule has 1 aromatic carbocycles. The van der Waals surface area contributed by atoms with Gasteiger partial charge in [-0.3, -0.25) is 4.79 Å². The van der Waals surface area contributed by atoms with Crippen molar-refractivity contribution in [2.45, 2.75) is 18.2 Å². The molecule has 0 aliphatic carbocycles. The third-order valence-corrected chi connectivity index (χ3v) is 3.52. The quantitative estimate of drug-likeness (QED) is 0.800. The first-order valence-corrected chi connectivity index (χ1v) is 7.48. The van der Waals surface area contributed by atoms with Gasteiger partial charge in [0.15, 0.2) is 0 Å². The second-order valence-corrected chi connectivity index (χ2v) is 5.61. The number of rotatable bonds is 6. The highest BCUT2D eigenvalue weighted by atomic mass is 32.2. The van der Waals surface area contributed by atoms with Crippen LogP contribution in [0.15, 0.2) is 41.8 Å². The summed E-state index contributed by atoms with van der Waals surface area (Å²) in [7, 11) is -3.92. The molecule has 0 aliphatic heterocycles. The zero-order chi connectivity index (χ0) is 14.5. The molecule has 0 spiro atoms. The molecule has 5 nitrogen and oxygen atoms in total. The largest absolute Gasteiger partial charge is 0.335 e. The van der Waals surface area contributed by atoms with E-state index in [1.165, 1.54) is 23.1 Å². The minimum atomic E-state index is -3.92. The maximum atomic E-state index is 12.4. The molecule has 0 saturated carbocycles. The van der Waals surface area contributed by atoms with Crippen LogP contribution in [0.2, 0.25) is 0 Å². The molecule has 19 heavy (non-hydrogen) atoms. The van der Waals surface area contributed by atoms with Gasteiger partial charge >= 0.3 is 0 Å². The molecule has 0 aromatic heterocycles. The number of carbonyl (C=O) groups excluding carboxylic acids is 1. The van der Waals surface area contributed by atoms with Crippen molar-refractivity contribution in [3.63, 3.8) is 0 Å². The van der Waals surface area contributed by atoms with Gasteiger partial charge in [-0.2, -0.15) is 0 Å². The normalized spacial score (nSPS) is 11.1. The number of benzene rings is 1. The lowest BCUT2D eigenvalue weighted by atomic mass is 10.2. The van der Waals surface area contributed by atoms with Crippen molar-refractivity contribution in [1.82, 2.24) is 4.90 Å². The van der Waals surface area contributed by atoms with Crippen LogP contribution in [0.25, 0.3) is 0 Å². The molecule has 0 fully saturated rings. The summed E-state index contributed by atoms with van der Waals surface area (Å²) in [6.07, 6.45) is 2.38.